The van der Waals surface area contributed by atoms with Crippen molar-refractivity contribution in [3.8, 4) is 28.7 Å². The second-order valence-electron chi connectivity index (χ2n) is 10.6. The first-order chi connectivity index (χ1) is 21.0. The van der Waals surface area contributed by atoms with Crippen molar-refractivity contribution in [2.24, 2.45) is 5.92 Å². The fourth-order valence-corrected chi connectivity index (χ4v) is 6.65. The van der Waals surface area contributed by atoms with Crippen LogP contribution in [0.4, 0.5) is 0 Å². The van der Waals surface area contributed by atoms with Crippen LogP contribution in [0.15, 0.2) is 41.0 Å². The van der Waals surface area contributed by atoms with Crippen molar-refractivity contribution < 1.29 is 43.5 Å². The first-order valence-corrected chi connectivity index (χ1v) is 14.9. The molecule has 2 aromatic carbocycles. The van der Waals surface area contributed by atoms with Crippen molar-refractivity contribution in [1.29, 1.82) is 0 Å². The van der Waals surface area contributed by atoms with Crippen LogP contribution in [0.2, 0.25) is 5.02 Å². The molecule has 1 aliphatic carbocycles. The molecule has 1 aliphatic heterocycles. The van der Waals surface area contributed by atoms with Gasteiger partial charge >= 0.3 is 0 Å². The summed E-state index contributed by atoms with van der Waals surface area (Å²) in [5.41, 5.74) is -1.12. The quantitative estimate of drug-likeness (QED) is 0.289. The predicted molar refractivity (Wildman–Crippen MR) is 161 cm³/mol. The molecule has 0 radical (unpaired) electrons. The SMILES string of the molecule is COc1cc(C(CC(=O)NCc2csc(C)n2)C2=C(O)[C@@]3(Oc4c(Cl)c(OC)cc(OC)c4C3=O)[C@H](C)CC2=O)ccc1O. The Labute approximate surface area is 262 Å². The van der Waals surface area contributed by atoms with Crippen LogP contribution in [0.1, 0.15) is 52.3 Å². The minimum absolute atomic E-state index is 0.00319. The highest BCUT2D eigenvalue weighted by atomic mass is 35.5. The van der Waals surface area contributed by atoms with Crippen LogP contribution in [0.5, 0.6) is 28.7 Å². The van der Waals surface area contributed by atoms with Crippen molar-refractivity contribution >= 4 is 40.4 Å². The van der Waals surface area contributed by atoms with E-state index < -0.39 is 40.7 Å². The fraction of sp³-hybridized carbons (Fsp3) is 0.355. The minimum Gasteiger partial charge on any atom is -0.507 e. The van der Waals surface area contributed by atoms with Gasteiger partial charge in [-0.15, -0.1) is 11.3 Å². The number of aryl methyl sites for hydroxylation is 1. The van der Waals surface area contributed by atoms with Crippen LogP contribution in [0, 0.1) is 12.8 Å². The summed E-state index contributed by atoms with van der Waals surface area (Å²) in [6.45, 7) is 3.63. The van der Waals surface area contributed by atoms with E-state index in [1.165, 1.54) is 56.9 Å². The van der Waals surface area contributed by atoms with Gasteiger partial charge in [0.2, 0.25) is 17.3 Å². The largest absolute Gasteiger partial charge is 0.507 e. The molecule has 3 atom stereocenters. The second-order valence-corrected chi connectivity index (χ2v) is 12.0. The molecule has 5 rings (SSSR count). The average molecular weight is 643 g/mol. The normalized spacial score (nSPS) is 19.9. The molecule has 11 nitrogen and oxygen atoms in total. The van der Waals surface area contributed by atoms with Crippen LogP contribution in [0.3, 0.4) is 0 Å². The summed E-state index contributed by atoms with van der Waals surface area (Å²) < 4.78 is 22.3. The number of amides is 1. The Hall–Kier alpha value is -4.29. The van der Waals surface area contributed by atoms with Gasteiger partial charge in [-0.05, 0) is 24.6 Å². The van der Waals surface area contributed by atoms with E-state index in [1.807, 2.05) is 12.3 Å². The van der Waals surface area contributed by atoms with E-state index in [0.29, 0.717) is 11.3 Å². The lowest BCUT2D eigenvalue weighted by Gasteiger charge is -2.38. The third kappa shape index (κ3) is 5.11. The minimum atomic E-state index is -2.03. The first-order valence-electron chi connectivity index (χ1n) is 13.7. The number of aromatic hydroxyl groups is 1. The highest BCUT2D eigenvalue weighted by Crippen LogP contribution is 2.56. The second kappa shape index (κ2) is 12.0. The van der Waals surface area contributed by atoms with Crippen molar-refractivity contribution in [1.82, 2.24) is 10.3 Å². The van der Waals surface area contributed by atoms with Gasteiger partial charge in [-0.1, -0.05) is 24.6 Å². The number of carbonyl (C=O) groups is 3. The number of nitrogens with one attached hydrogen (secondary N) is 1. The summed E-state index contributed by atoms with van der Waals surface area (Å²) in [5.74, 6) is -3.83. The summed E-state index contributed by atoms with van der Waals surface area (Å²) >= 11 is 8.01. The number of hydrogen-bond donors (Lipinski definition) is 3. The topological polar surface area (TPSA) is 154 Å². The number of ketones is 2. The number of methoxy groups -OCH3 is 3. The van der Waals surface area contributed by atoms with Crippen molar-refractivity contribution in [2.75, 3.05) is 21.3 Å². The van der Waals surface area contributed by atoms with E-state index in [4.69, 9.17) is 30.5 Å². The van der Waals surface area contributed by atoms with Gasteiger partial charge < -0.3 is 34.5 Å². The number of rotatable bonds is 9. The molecule has 3 N–H and O–H groups in total. The summed E-state index contributed by atoms with van der Waals surface area (Å²) in [7, 11) is 4.13. The molecule has 1 spiro atoms. The molecule has 0 fully saturated rings. The Morgan fingerprint density at radius 2 is 1.86 bits per heavy atom. The van der Waals surface area contributed by atoms with Crippen molar-refractivity contribution in [3.63, 3.8) is 0 Å². The van der Waals surface area contributed by atoms with E-state index in [2.05, 4.69) is 10.3 Å². The Morgan fingerprint density at radius 3 is 2.50 bits per heavy atom. The number of carbonyl (C=O) groups excluding carboxylic acids is 3. The van der Waals surface area contributed by atoms with Crippen LogP contribution < -0.4 is 24.3 Å². The van der Waals surface area contributed by atoms with Gasteiger partial charge in [0.25, 0.3) is 0 Å². The molecular weight excluding hydrogens is 612 g/mol. The van der Waals surface area contributed by atoms with Crippen LogP contribution in [-0.4, -0.2) is 59.6 Å². The highest BCUT2D eigenvalue weighted by molar-refractivity contribution is 7.09. The number of hydrogen-bond acceptors (Lipinski definition) is 11. The zero-order valence-electron chi connectivity index (χ0n) is 24.6. The number of aromatic nitrogens is 1. The lowest BCUT2D eigenvalue weighted by Crippen LogP contribution is -2.53. The highest BCUT2D eigenvalue weighted by Gasteiger charge is 2.61. The zero-order chi connectivity index (χ0) is 31.9. The molecule has 0 saturated carbocycles. The maximum absolute atomic E-state index is 14.2. The Kier molecular flexibility index (Phi) is 8.50. The van der Waals surface area contributed by atoms with Crippen LogP contribution in [-0.2, 0) is 16.1 Å². The lowest BCUT2D eigenvalue weighted by atomic mass is 9.69. The van der Waals surface area contributed by atoms with E-state index in [-0.39, 0.29) is 64.3 Å². The van der Waals surface area contributed by atoms with Gasteiger partial charge in [0, 0.05) is 41.7 Å². The summed E-state index contributed by atoms with van der Waals surface area (Å²) in [5, 5.41) is 27.7. The molecule has 2 aliphatic rings. The Bertz CT molecular complexity index is 1700. The number of fused-ring (bicyclic) bond motifs is 1. The number of ether oxygens (including phenoxy) is 4. The lowest BCUT2D eigenvalue weighted by molar-refractivity contribution is -0.122. The number of phenolic OH excluding ortho intramolecular Hbond substituents is 1. The average Bonchev–Trinajstić information content (AvgIpc) is 3.56. The molecule has 2 heterocycles. The molecule has 13 heteroatoms. The van der Waals surface area contributed by atoms with Gasteiger partial charge in [-0.2, -0.15) is 0 Å². The number of halogens is 1. The van der Waals surface area contributed by atoms with E-state index in [1.54, 1.807) is 6.92 Å². The number of aliphatic hydroxyl groups is 1. The van der Waals surface area contributed by atoms with Gasteiger partial charge in [0.1, 0.15) is 22.1 Å². The third-order valence-electron chi connectivity index (χ3n) is 7.99. The fourth-order valence-electron chi connectivity index (χ4n) is 5.77. The van der Waals surface area contributed by atoms with E-state index >= 15 is 0 Å². The van der Waals surface area contributed by atoms with Gasteiger partial charge in [-0.25, -0.2) is 4.98 Å². The van der Waals surface area contributed by atoms with Gasteiger partial charge in [0.05, 0.1) is 38.6 Å². The molecule has 3 aromatic rings. The number of phenols is 1. The maximum Gasteiger partial charge on any atom is 0.231 e. The van der Waals surface area contributed by atoms with E-state index in [0.717, 1.165) is 5.01 Å². The molecule has 44 heavy (non-hydrogen) atoms. The van der Waals surface area contributed by atoms with E-state index in [9.17, 15) is 24.6 Å². The standard InChI is InChI=1S/C31H31ClN2O9S/c1-14-8-20(36)25(29(38)31(14)30(39)26-22(41-4)11-23(42-5)27(32)28(26)43-31)18(16-6-7-19(35)21(9-16)40-3)10-24(37)33-12-17-13-44-15(2)34-17/h6-7,9,11,13-14,18,35,38H,8,10,12H2,1-5H3,(H,33,37)/t14-,18?,31+/m1/s1. The Morgan fingerprint density at radius 1 is 1.16 bits per heavy atom. The van der Waals surface area contributed by atoms with Crippen LogP contribution >= 0.6 is 22.9 Å². The molecule has 1 aromatic heterocycles. The summed E-state index contributed by atoms with van der Waals surface area (Å²) in [6.07, 6.45) is -0.465. The monoisotopic (exact) mass is 642 g/mol. The number of nitrogens with zero attached hydrogens (tertiary/aromatic N) is 1. The number of thiazole rings is 1. The number of benzene rings is 2. The first kappa shape index (κ1) is 31.1. The molecule has 1 amide bonds. The van der Waals surface area contributed by atoms with Gasteiger partial charge in [0.15, 0.2) is 28.8 Å². The Balaban J connectivity index is 1.63. The molecule has 232 valence electrons. The summed E-state index contributed by atoms with van der Waals surface area (Å²) in [6, 6.07) is 5.81. The molecular formula is C31H31ClN2O9S. The summed E-state index contributed by atoms with van der Waals surface area (Å²) in [4.78, 5) is 45.6. The number of allylic oxidation sites excluding steroid dienone is 1. The van der Waals surface area contributed by atoms with Gasteiger partial charge in [-0.3, -0.25) is 14.4 Å². The number of Topliss-reactive ketones (excluding diaryl/α,β-unsaturated/α-hetero) is 2. The third-order valence-corrected chi connectivity index (χ3v) is 9.17. The van der Waals surface area contributed by atoms with Crippen molar-refractivity contribution in [2.45, 2.75) is 44.8 Å². The van der Waals surface area contributed by atoms with Crippen molar-refractivity contribution in [3.05, 3.63) is 67.8 Å². The zero-order valence-corrected chi connectivity index (χ0v) is 26.2. The smallest absolute Gasteiger partial charge is 0.231 e. The molecule has 0 saturated heterocycles. The predicted octanol–water partition coefficient (Wildman–Crippen LogP) is 5.06. The molecule has 0 bridgehead atoms. The maximum atomic E-state index is 14.2. The van der Waals surface area contributed by atoms with Crippen LogP contribution in [0.25, 0.3) is 0 Å². The molecule has 1 unspecified atom stereocenters. The number of aliphatic hydroxyl groups excluding tert-OH is 1.